The standard InChI is InChI=1S/C17H21NO/c1-4-5-14-6-7-15-8-9-17(19)18(16(15)12-14)11-10-13(2)3/h4-7,10,12H,8-9,11H2,1-3H3. The molecule has 1 aromatic carbocycles. The summed E-state index contributed by atoms with van der Waals surface area (Å²) >= 11 is 0. The number of aryl methyl sites for hydroxylation is 1. The van der Waals surface area contributed by atoms with Crippen molar-refractivity contribution in [3.05, 3.63) is 47.1 Å². The number of anilines is 1. The molecule has 0 aromatic heterocycles. The maximum atomic E-state index is 12.1. The molecular weight excluding hydrogens is 234 g/mol. The zero-order valence-electron chi connectivity index (χ0n) is 11.9. The Hall–Kier alpha value is -1.83. The van der Waals surface area contributed by atoms with Crippen LogP contribution in [0.1, 0.15) is 38.3 Å². The molecule has 0 saturated carbocycles. The summed E-state index contributed by atoms with van der Waals surface area (Å²) in [6, 6.07) is 6.38. The van der Waals surface area contributed by atoms with E-state index in [2.05, 4.69) is 44.2 Å². The van der Waals surface area contributed by atoms with E-state index in [4.69, 9.17) is 0 Å². The van der Waals surface area contributed by atoms with Crippen LogP contribution in [0.4, 0.5) is 5.69 Å². The molecular formula is C17H21NO. The highest BCUT2D eigenvalue weighted by Gasteiger charge is 2.23. The molecule has 0 radical (unpaired) electrons. The van der Waals surface area contributed by atoms with Crippen molar-refractivity contribution in [2.45, 2.75) is 33.6 Å². The first-order valence-electron chi connectivity index (χ1n) is 6.81. The summed E-state index contributed by atoms with van der Waals surface area (Å²) in [4.78, 5) is 14.0. The molecule has 0 saturated heterocycles. The number of hydrogen-bond donors (Lipinski definition) is 0. The molecule has 1 aliphatic heterocycles. The topological polar surface area (TPSA) is 20.3 Å². The molecule has 0 aliphatic carbocycles. The van der Waals surface area contributed by atoms with Crippen LogP contribution >= 0.6 is 0 Å². The van der Waals surface area contributed by atoms with Gasteiger partial charge in [-0.1, -0.05) is 35.9 Å². The quantitative estimate of drug-likeness (QED) is 0.748. The summed E-state index contributed by atoms with van der Waals surface area (Å²) in [5.41, 5.74) is 4.74. The lowest BCUT2D eigenvalue weighted by Crippen LogP contribution is -2.35. The number of allylic oxidation sites excluding steroid dienone is 2. The van der Waals surface area contributed by atoms with Crippen molar-refractivity contribution in [2.24, 2.45) is 0 Å². The van der Waals surface area contributed by atoms with Crippen molar-refractivity contribution in [3.63, 3.8) is 0 Å². The molecule has 0 bridgehead atoms. The van der Waals surface area contributed by atoms with Crippen LogP contribution in [-0.2, 0) is 11.2 Å². The predicted molar refractivity (Wildman–Crippen MR) is 81.3 cm³/mol. The zero-order chi connectivity index (χ0) is 13.8. The van der Waals surface area contributed by atoms with Crippen LogP contribution in [0, 0.1) is 0 Å². The van der Waals surface area contributed by atoms with E-state index < -0.39 is 0 Å². The molecule has 1 aromatic rings. The summed E-state index contributed by atoms with van der Waals surface area (Å²) in [7, 11) is 0. The smallest absolute Gasteiger partial charge is 0.227 e. The largest absolute Gasteiger partial charge is 0.308 e. The monoisotopic (exact) mass is 255 g/mol. The minimum absolute atomic E-state index is 0.225. The molecule has 1 aliphatic rings. The molecule has 2 rings (SSSR count). The highest BCUT2D eigenvalue weighted by atomic mass is 16.2. The van der Waals surface area contributed by atoms with Crippen molar-refractivity contribution >= 4 is 17.7 Å². The van der Waals surface area contributed by atoms with Crippen molar-refractivity contribution in [3.8, 4) is 0 Å². The maximum Gasteiger partial charge on any atom is 0.227 e. The lowest BCUT2D eigenvalue weighted by molar-refractivity contribution is -0.118. The van der Waals surface area contributed by atoms with Crippen LogP contribution in [-0.4, -0.2) is 12.5 Å². The van der Waals surface area contributed by atoms with Gasteiger partial charge in [-0.3, -0.25) is 4.79 Å². The second-order valence-electron chi connectivity index (χ2n) is 5.17. The normalized spacial score (nSPS) is 14.7. The highest BCUT2D eigenvalue weighted by molar-refractivity contribution is 5.97. The van der Waals surface area contributed by atoms with Crippen molar-refractivity contribution in [1.82, 2.24) is 0 Å². The van der Waals surface area contributed by atoms with Crippen LogP contribution in [0.15, 0.2) is 35.9 Å². The first-order valence-corrected chi connectivity index (χ1v) is 6.81. The lowest BCUT2D eigenvalue weighted by Gasteiger charge is -2.29. The molecule has 1 heterocycles. The first-order chi connectivity index (χ1) is 9.11. The third-order valence-corrected chi connectivity index (χ3v) is 3.35. The third kappa shape index (κ3) is 3.14. The van der Waals surface area contributed by atoms with E-state index in [0.29, 0.717) is 13.0 Å². The Bertz CT molecular complexity index is 536. The Morgan fingerprint density at radius 1 is 1.32 bits per heavy atom. The number of amides is 1. The number of hydrogen-bond acceptors (Lipinski definition) is 1. The number of carbonyl (C=O) groups excluding carboxylic acids is 1. The van der Waals surface area contributed by atoms with Crippen LogP contribution in [0.2, 0.25) is 0 Å². The predicted octanol–water partition coefficient (Wildman–Crippen LogP) is 3.97. The van der Waals surface area contributed by atoms with E-state index in [1.807, 2.05) is 17.9 Å². The average molecular weight is 255 g/mol. The number of nitrogens with zero attached hydrogens (tertiary/aromatic N) is 1. The Balaban J connectivity index is 2.38. The van der Waals surface area contributed by atoms with Gasteiger partial charge in [-0.2, -0.15) is 0 Å². The summed E-state index contributed by atoms with van der Waals surface area (Å²) in [5.74, 6) is 0.225. The Morgan fingerprint density at radius 3 is 2.79 bits per heavy atom. The highest BCUT2D eigenvalue weighted by Crippen LogP contribution is 2.29. The molecule has 2 nitrogen and oxygen atoms in total. The van der Waals surface area contributed by atoms with Crippen LogP contribution in [0.5, 0.6) is 0 Å². The molecule has 2 heteroatoms. The van der Waals surface area contributed by atoms with Crippen LogP contribution < -0.4 is 4.90 Å². The second kappa shape index (κ2) is 5.87. The Labute approximate surface area is 115 Å². The van der Waals surface area contributed by atoms with E-state index in [9.17, 15) is 4.79 Å². The average Bonchev–Trinajstić information content (AvgIpc) is 2.37. The first kappa shape index (κ1) is 13.6. The van der Waals surface area contributed by atoms with Gasteiger partial charge < -0.3 is 4.90 Å². The summed E-state index contributed by atoms with van der Waals surface area (Å²) in [6.45, 7) is 6.80. The molecule has 0 spiro atoms. The molecule has 0 N–H and O–H groups in total. The minimum atomic E-state index is 0.225. The van der Waals surface area contributed by atoms with Crippen LogP contribution in [0.3, 0.4) is 0 Å². The molecule has 1 amide bonds. The van der Waals surface area contributed by atoms with Crippen molar-refractivity contribution in [1.29, 1.82) is 0 Å². The number of rotatable bonds is 3. The number of fused-ring (bicyclic) bond motifs is 1. The fourth-order valence-electron chi connectivity index (χ4n) is 2.32. The van der Waals surface area contributed by atoms with Gasteiger partial charge in [0.1, 0.15) is 0 Å². The minimum Gasteiger partial charge on any atom is -0.308 e. The second-order valence-corrected chi connectivity index (χ2v) is 5.17. The third-order valence-electron chi connectivity index (χ3n) is 3.35. The lowest BCUT2D eigenvalue weighted by atomic mass is 9.98. The van der Waals surface area contributed by atoms with E-state index in [0.717, 1.165) is 17.7 Å². The van der Waals surface area contributed by atoms with Gasteiger partial charge in [0.2, 0.25) is 5.91 Å². The van der Waals surface area contributed by atoms with Gasteiger partial charge in [0.05, 0.1) is 0 Å². The summed E-state index contributed by atoms with van der Waals surface area (Å²) in [5, 5.41) is 0. The van der Waals surface area contributed by atoms with Crippen molar-refractivity contribution in [2.75, 3.05) is 11.4 Å². The van der Waals surface area contributed by atoms with Gasteiger partial charge in [0.15, 0.2) is 0 Å². The molecule has 100 valence electrons. The molecule has 0 unspecified atom stereocenters. The van der Waals surface area contributed by atoms with Gasteiger partial charge in [0, 0.05) is 18.7 Å². The Kier molecular flexibility index (Phi) is 4.20. The van der Waals surface area contributed by atoms with E-state index in [1.54, 1.807) is 0 Å². The summed E-state index contributed by atoms with van der Waals surface area (Å²) in [6.07, 6.45) is 7.67. The van der Waals surface area contributed by atoms with E-state index in [-0.39, 0.29) is 5.91 Å². The summed E-state index contributed by atoms with van der Waals surface area (Å²) < 4.78 is 0. The van der Waals surface area contributed by atoms with Crippen molar-refractivity contribution < 1.29 is 4.79 Å². The fourth-order valence-corrected chi connectivity index (χ4v) is 2.32. The van der Waals surface area contributed by atoms with Gasteiger partial charge in [-0.05, 0) is 44.4 Å². The SMILES string of the molecule is CC=Cc1ccc2c(c1)N(CC=C(C)C)C(=O)CC2. The van der Waals surface area contributed by atoms with E-state index >= 15 is 0 Å². The van der Waals surface area contributed by atoms with E-state index in [1.165, 1.54) is 11.1 Å². The maximum absolute atomic E-state index is 12.1. The van der Waals surface area contributed by atoms with Gasteiger partial charge in [-0.15, -0.1) is 0 Å². The zero-order valence-corrected chi connectivity index (χ0v) is 11.9. The Morgan fingerprint density at radius 2 is 2.11 bits per heavy atom. The van der Waals surface area contributed by atoms with Gasteiger partial charge in [0.25, 0.3) is 0 Å². The van der Waals surface area contributed by atoms with Gasteiger partial charge >= 0.3 is 0 Å². The number of carbonyl (C=O) groups is 1. The fraction of sp³-hybridized carbons (Fsp3) is 0.353. The number of benzene rings is 1. The van der Waals surface area contributed by atoms with Crippen LogP contribution in [0.25, 0.3) is 6.08 Å². The molecule has 0 atom stereocenters. The molecule has 0 fully saturated rings. The van der Waals surface area contributed by atoms with Gasteiger partial charge in [-0.25, -0.2) is 0 Å². The molecule has 19 heavy (non-hydrogen) atoms.